The number of methoxy groups -OCH3 is 3. The van der Waals surface area contributed by atoms with Gasteiger partial charge in [0, 0.05) is 18.2 Å². The third-order valence-corrected chi connectivity index (χ3v) is 1.98. The summed E-state index contributed by atoms with van der Waals surface area (Å²) in [6.45, 7) is 0.386. The van der Waals surface area contributed by atoms with E-state index >= 15 is 0 Å². The van der Waals surface area contributed by atoms with E-state index in [1.807, 2.05) is 6.07 Å². The average Bonchev–Trinajstić information content (AvgIpc) is 2.26. The molecule has 0 radical (unpaired) electrons. The molecule has 0 aliphatic heterocycles. The highest BCUT2D eigenvalue weighted by Gasteiger charge is 2.11. The van der Waals surface area contributed by atoms with Gasteiger partial charge in [-0.3, -0.25) is 0 Å². The number of rotatable bonds is 4. The van der Waals surface area contributed by atoms with Crippen molar-refractivity contribution in [2.45, 2.75) is 6.54 Å². The fourth-order valence-corrected chi connectivity index (χ4v) is 1.28. The average molecular weight is 197 g/mol. The van der Waals surface area contributed by atoms with Gasteiger partial charge in [-0.05, 0) is 6.07 Å². The van der Waals surface area contributed by atoms with Crippen LogP contribution in [0.5, 0.6) is 17.2 Å². The van der Waals surface area contributed by atoms with Crippen molar-refractivity contribution in [3.8, 4) is 17.2 Å². The van der Waals surface area contributed by atoms with Gasteiger partial charge >= 0.3 is 0 Å². The van der Waals surface area contributed by atoms with E-state index in [1.54, 1.807) is 27.4 Å². The van der Waals surface area contributed by atoms with Gasteiger partial charge in [-0.2, -0.15) is 0 Å². The summed E-state index contributed by atoms with van der Waals surface area (Å²) in [6, 6.07) is 3.60. The molecule has 0 bridgehead atoms. The second-order valence-corrected chi connectivity index (χ2v) is 2.73. The summed E-state index contributed by atoms with van der Waals surface area (Å²) < 4.78 is 15.5. The number of nitrogens with two attached hydrogens (primary N) is 1. The smallest absolute Gasteiger partial charge is 0.165 e. The van der Waals surface area contributed by atoms with Crippen LogP contribution >= 0.6 is 0 Å². The standard InChI is InChI=1S/C10H15NO3/c1-12-8-4-7(6-11)10(14-3)9(5-8)13-2/h4-5H,6,11H2,1-3H3. The van der Waals surface area contributed by atoms with Crippen molar-refractivity contribution in [3.63, 3.8) is 0 Å². The SMILES string of the molecule is COc1cc(CN)c(OC)c(OC)c1. The molecule has 0 saturated heterocycles. The molecule has 4 nitrogen and oxygen atoms in total. The summed E-state index contributed by atoms with van der Waals surface area (Å²) in [5.41, 5.74) is 6.45. The summed E-state index contributed by atoms with van der Waals surface area (Å²) in [5, 5.41) is 0. The minimum atomic E-state index is 0.386. The first-order chi connectivity index (χ1) is 6.76. The van der Waals surface area contributed by atoms with Crippen LogP contribution in [0.15, 0.2) is 12.1 Å². The summed E-state index contributed by atoms with van der Waals surface area (Å²) in [6.07, 6.45) is 0. The Bertz CT molecular complexity index is 287. The van der Waals surface area contributed by atoms with Crippen LogP contribution in [0, 0.1) is 0 Å². The van der Waals surface area contributed by atoms with E-state index in [0.717, 1.165) is 5.56 Å². The third-order valence-electron chi connectivity index (χ3n) is 1.98. The summed E-state index contributed by atoms with van der Waals surface area (Å²) >= 11 is 0. The molecular formula is C10H15NO3. The molecule has 1 aromatic carbocycles. The fourth-order valence-electron chi connectivity index (χ4n) is 1.28. The van der Waals surface area contributed by atoms with Crippen LogP contribution in [0.4, 0.5) is 0 Å². The van der Waals surface area contributed by atoms with E-state index in [2.05, 4.69) is 0 Å². The maximum Gasteiger partial charge on any atom is 0.165 e. The van der Waals surface area contributed by atoms with Crippen LogP contribution in [0.25, 0.3) is 0 Å². The molecule has 0 fully saturated rings. The highest BCUT2D eigenvalue weighted by Crippen LogP contribution is 2.35. The zero-order chi connectivity index (χ0) is 10.6. The molecule has 0 unspecified atom stereocenters. The zero-order valence-electron chi connectivity index (χ0n) is 8.66. The normalized spacial score (nSPS) is 9.71. The Morgan fingerprint density at radius 3 is 2.21 bits per heavy atom. The molecule has 2 N–H and O–H groups in total. The molecule has 4 heteroatoms. The van der Waals surface area contributed by atoms with Crippen LogP contribution in [0.1, 0.15) is 5.56 Å². The largest absolute Gasteiger partial charge is 0.497 e. The number of hydrogen-bond donors (Lipinski definition) is 1. The third kappa shape index (κ3) is 1.90. The zero-order valence-corrected chi connectivity index (χ0v) is 8.66. The second kappa shape index (κ2) is 4.72. The maximum atomic E-state index is 5.58. The fraction of sp³-hybridized carbons (Fsp3) is 0.400. The van der Waals surface area contributed by atoms with E-state index in [9.17, 15) is 0 Å². The Balaban J connectivity index is 3.24. The van der Waals surface area contributed by atoms with Gasteiger partial charge in [0.2, 0.25) is 0 Å². The lowest BCUT2D eigenvalue weighted by atomic mass is 10.1. The van der Waals surface area contributed by atoms with E-state index in [1.165, 1.54) is 0 Å². The molecule has 0 aliphatic carbocycles. The van der Waals surface area contributed by atoms with Crippen LogP contribution in [0.2, 0.25) is 0 Å². The van der Waals surface area contributed by atoms with Gasteiger partial charge in [-0.15, -0.1) is 0 Å². The first kappa shape index (κ1) is 10.7. The van der Waals surface area contributed by atoms with Crippen molar-refractivity contribution in [2.24, 2.45) is 5.73 Å². The molecule has 0 saturated carbocycles. The van der Waals surface area contributed by atoms with Gasteiger partial charge in [0.05, 0.1) is 21.3 Å². The molecule has 78 valence electrons. The van der Waals surface area contributed by atoms with Gasteiger partial charge in [-0.1, -0.05) is 0 Å². The summed E-state index contributed by atoms with van der Waals surface area (Å²) in [4.78, 5) is 0. The van der Waals surface area contributed by atoms with Gasteiger partial charge in [-0.25, -0.2) is 0 Å². The van der Waals surface area contributed by atoms with Crippen LogP contribution in [-0.2, 0) is 6.54 Å². The highest BCUT2D eigenvalue weighted by molar-refractivity contribution is 5.51. The van der Waals surface area contributed by atoms with E-state index in [0.29, 0.717) is 23.8 Å². The van der Waals surface area contributed by atoms with Crippen molar-refractivity contribution in [3.05, 3.63) is 17.7 Å². The van der Waals surface area contributed by atoms with Gasteiger partial charge in [0.15, 0.2) is 11.5 Å². The number of ether oxygens (including phenoxy) is 3. The van der Waals surface area contributed by atoms with Crippen molar-refractivity contribution in [1.82, 2.24) is 0 Å². The lowest BCUT2D eigenvalue weighted by Crippen LogP contribution is -2.02. The predicted molar refractivity (Wildman–Crippen MR) is 54.0 cm³/mol. The summed E-state index contributed by atoms with van der Waals surface area (Å²) in [7, 11) is 4.77. The van der Waals surface area contributed by atoms with Gasteiger partial charge < -0.3 is 19.9 Å². The quantitative estimate of drug-likeness (QED) is 0.787. The molecule has 0 aliphatic rings. The molecule has 0 spiro atoms. The van der Waals surface area contributed by atoms with Crippen molar-refractivity contribution in [2.75, 3.05) is 21.3 Å². The first-order valence-electron chi connectivity index (χ1n) is 4.25. The minimum absolute atomic E-state index is 0.386. The first-order valence-corrected chi connectivity index (χ1v) is 4.25. The number of hydrogen-bond acceptors (Lipinski definition) is 4. The Morgan fingerprint density at radius 1 is 1.07 bits per heavy atom. The Labute approximate surface area is 83.6 Å². The molecule has 0 amide bonds. The van der Waals surface area contributed by atoms with Crippen LogP contribution < -0.4 is 19.9 Å². The lowest BCUT2D eigenvalue weighted by molar-refractivity contribution is 0.345. The summed E-state index contributed by atoms with van der Waals surface area (Å²) in [5.74, 6) is 2.01. The molecule has 0 aromatic heterocycles. The van der Waals surface area contributed by atoms with E-state index < -0.39 is 0 Å². The molecule has 14 heavy (non-hydrogen) atoms. The Kier molecular flexibility index (Phi) is 3.59. The maximum absolute atomic E-state index is 5.58. The topological polar surface area (TPSA) is 53.7 Å². The predicted octanol–water partition coefficient (Wildman–Crippen LogP) is 1.17. The number of benzene rings is 1. The monoisotopic (exact) mass is 197 g/mol. The van der Waals surface area contributed by atoms with Crippen molar-refractivity contribution < 1.29 is 14.2 Å². The van der Waals surface area contributed by atoms with Crippen LogP contribution in [0.3, 0.4) is 0 Å². The Hall–Kier alpha value is -1.42. The molecular weight excluding hydrogens is 182 g/mol. The van der Waals surface area contributed by atoms with Gasteiger partial charge in [0.25, 0.3) is 0 Å². The van der Waals surface area contributed by atoms with E-state index in [4.69, 9.17) is 19.9 Å². The highest BCUT2D eigenvalue weighted by atomic mass is 16.5. The lowest BCUT2D eigenvalue weighted by Gasteiger charge is -2.13. The van der Waals surface area contributed by atoms with E-state index in [-0.39, 0.29) is 0 Å². The minimum Gasteiger partial charge on any atom is -0.497 e. The van der Waals surface area contributed by atoms with Crippen LogP contribution in [-0.4, -0.2) is 21.3 Å². The Morgan fingerprint density at radius 2 is 1.79 bits per heavy atom. The van der Waals surface area contributed by atoms with Crippen molar-refractivity contribution in [1.29, 1.82) is 0 Å². The molecule has 0 atom stereocenters. The molecule has 1 rings (SSSR count). The van der Waals surface area contributed by atoms with Crippen molar-refractivity contribution >= 4 is 0 Å². The van der Waals surface area contributed by atoms with Gasteiger partial charge in [0.1, 0.15) is 5.75 Å². The molecule has 0 heterocycles. The molecule has 1 aromatic rings. The second-order valence-electron chi connectivity index (χ2n) is 2.73.